The lowest BCUT2D eigenvalue weighted by molar-refractivity contribution is 0.367. The molecule has 100 valence electrons. The Bertz CT molecular complexity index is 616. The number of methoxy groups -OCH3 is 1. The molecule has 0 aliphatic heterocycles. The van der Waals surface area contributed by atoms with Crippen molar-refractivity contribution in [2.24, 2.45) is 17.6 Å². The van der Waals surface area contributed by atoms with Crippen LogP contribution in [0.1, 0.15) is 30.7 Å². The molecule has 2 bridgehead atoms. The zero-order chi connectivity index (χ0) is 13.0. The number of hydrogen-bond donors (Lipinski definition) is 2. The van der Waals surface area contributed by atoms with Gasteiger partial charge in [-0.3, -0.25) is 0 Å². The number of rotatable bonds is 2. The molecule has 0 spiro atoms. The van der Waals surface area contributed by atoms with Crippen molar-refractivity contribution in [1.82, 2.24) is 4.98 Å². The van der Waals surface area contributed by atoms with Crippen LogP contribution in [0.3, 0.4) is 0 Å². The topological polar surface area (TPSA) is 51.0 Å². The second kappa shape index (κ2) is 4.01. The highest BCUT2D eigenvalue weighted by atomic mass is 16.5. The Balaban J connectivity index is 1.82. The third-order valence-corrected chi connectivity index (χ3v) is 5.26. The molecule has 3 N–H and O–H groups in total. The third-order valence-electron chi connectivity index (χ3n) is 5.26. The van der Waals surface area contributed by atoms with Gasteiger partial charge in [-0.2, -0.15) is 0 Å². The molecule has 1 aromatic carbocycles. The Labute approximate surface area is 113 Å². The summed E-state index contributed by atoms with van der Waals surface area (Å²) >= 11 is 0. The predicted octanol–water partition coefficient (Wildman–Crippen LogP) is 3.02. The molecule has 2 aliphatic carbocycles. The molecule has 19 heavy (non-hydrogen) atoms. The fourth-order valence-electron chi connectivity index (χ4n) is 4.32. The zero-order valence-corrected chi connectivity index (χ0v) is 11.2. The fourth-order valence-corrected chi connectivity index (χ4v) is 4.32. The number of aromatic nitrogens is 1. The van der Waals surface area contributed by atoms with Gasteiger partial charge in [-0.05, 0) is 54.9 Å². The van der Waals surface area contributed by atoms with Gasteiger partial charge >= 0.3 is 0 Å². The van der Waals surface area contributed by atoms with Crippen molar-refractivity contribution < 1.29 is 4.74 Å². The molecule has 2 fully saturated rings. The molecule has 3 heteroatoms. The maximum Gasteiger partial charge on any atom is 0.119 e. The molecule has 2 aromatic rings. The lowest BCUT2D eigenvalue weighted by Crippen LogP contribution is -2.33. The summed E-state index contributed by atoms with van der Waals surface area (Å²) in [5.74, 6) is 2.97. The Kier molecular flexibility index (Phi) is 2.39. The number of H-pyrrole nitrogens is 1. The second-order valence-corrected chi connectivity index (χ2v) is 6.09. The minimum absolute atomic E-state index is 0.337. The van der Waals surface area contributed by atoms with E-state index in [9.17, 15) is 0 Å². The van der Waals surface area contributed by atoms with Crippen LogP contribution in [0.5, 0.6) is 5.75 Å². The van der Waals surface area contributed by atoms with Crippen molar-refractivity contribution in [3.8, 4) is 5.75 Å². The van der Waals surface area contributed by atoms with Gasteiger partial charge in [-0.25, -0.2) is 0 Å². The quantitative estimate of drug-likeness (QED) is 0.867. The normalized spacial score (nSPS) is 33.2. The number of fused-ring (bicyclic) bond motifs is 3. The molecular formula is C16H20N2O. The van der Waals surface area contributed by atoms with E-state index in [2.05, 4.69) is 23.3 Å². The molecule has 1 heterocycles. The van der Waals surface area contributed by atoms with E-state index in [4.69, 9.17) is 10.5 Å². The molecule has 4 rings (SSSR count). The minimum atomic E-state index is 0.337. The van der Waals surface area contributed by atoms with Crippen molar-refractivity contribution in [2.75, 3.05) is 7.11 Å². The van der Waals surface area contributed by atoms with Crippen LogP contribution in [-0.4, -0.2) is 18.1 Å². The highest BCUT2D eigenvalue weighted by molar-refractivity contribution is 5.85. The van der Waals surface area contributed by atoms with Gasteiger partial charge in [-0.1, -0.05) is 0 Å². The van der Waals surface area contributed by atoms with E-state index in [1.54, 1.807) is 7.11 Å². The summed E-state index contributed by atoms with van der Waals surface area (Å²) in [6.45, 7) is 0. The standard InChI is InChI=1S/C16H20N2O/c1-19-11-4-5-14-12(7-11)13(8-18-14)15-9-2-3-10(6-9)16(15)17/h4-5,7-10,15-16,18H,2-3,6,17H2,1H3/t9-,10+,15-,16+/m0/s1. The SMILES string of the molecule is COc1ccc2[nH]cc([C@@H]3[C@H]4CC[C@H](C4)[C@H]3N)c2c1. The number of aromatic amines is 1. The third kappa shape index (κ3) is 1.54. The van der Waals surface area contributed by atoms with E-state index in [0.717, 1.165) is 17.6 Å². The lowest BCUT2D eigenvalue weighted by atomic mass is 9.80. The summed E-state index contributed by atoms with van der Waals surface area (Å²) in [5, 5.41) is 1.28. The molecule has 2 aliphatic rings. The zero-order valence-electron chi connectivity index (χ0n) is 11.2. The summed E-state index contributed by atoms with van der Waals surface area (Å²) in [6, 6.07) is 6.57. The number of nitrogens with one attached hydrogen (secondary N) is 1. The molecule has 0 amide bonds. The van der Waals surface area contributed by atoms with Crippen molar-refractivity contribution in [3.63, 3.8) is 0 Å². The Morgan fingerprint density at radius 1 is 1.26 bits per heavy atom. The van der Waals surface area contributed by atoms with Gasteiger partial charge in [-0.15, -0.1) is 0 Å². The monoisotopic (exact) mass is 256 g/mol. The summed E-state index contributed by atoms with van der Waals surface area (Å²) in [6.07, 6.45) is 6.16. The molecule has 0 unspecified atom stereocenters. The van der Waals surface area contributed by atoms with Crippen LogP contribution in [0.4, 0.5) is 0 Å². The second-order valence-electron chi connectivity index (χ2n) is 6.09. The van der Waals surface area contributed by atoms with Gasteiger partial charge in [0.2, 0.25) is 0 Å². The molecule has 2 saturated carbocycles. The number of hydrogen-bond acceptors (Lipinski definition) is 2. The minimum Gasteiger partial charge on any atom is -0.497 e. The van der Waals surface area contributed by atoms with Crippen LogP contribution in [0.2, 0.25) is 0 Å². The Hall–Kier alpha value is -1.48. The van der Waals surface area contributed by atoms with Crippen LogP contribution < -0.4 is 10.5 Å². The van der Waals surface area contributed by atoms with E-state index in [1.165, 1.54) is 35.7 Å². The van der Waals surface area contributed by atoms with Crippen molar-refractivity contribution in [3.05, 3.63) is 30.0 Å². The first-order valence-electron chi connectivity index (χ1n) is 7.18. The first kappa shape index (κ1) is 11.4. The molecule has 1 aromatic heterocycles. The highest BCUT2D eigenvalue weighted by Crippen LogP contribution is 2.53. The van der Waals surface area contributed by atoms with E-state index < -0.39 is 0 Å². The average Bonchev–Trinajstić information content (AvgIpc) is 3.12. The molecular weight excluding hydrogens is 236 g/mol. The van der Waals surface area contributed by atoms with Gasteiger partial charge in [0.25, 0.3) is 0 Å². The van der Waals surface area contributed by atoms with E-state index >= 15 is 0 Å². The molecule has 0 radical (unpaired) electrons. The van der Waals surface area contributed by atoms with Crippen molar-refractivity contribution in [2.45, 2.75) is 31.2 Å². The number of benzene rings is 1. The summed E-state index contributed by atoms with van der Waals surface area (Å²) in [5.41, 5.74) is 9.05. The summed E-state index contributed by atoms with van der Waals surface area (Å²) in [4.78, 5) is 3.39. The average molecular weight is 256 g/mol. The van der Waals surface area contributed by atoms with Gasteiger partial charge in [0.1, 0.15) is 5.75 Å². The molecule has 0 saturated heterocycles. The first-order chi connectivity index (χ1) is 9.28. The summed E-state index contributed by atoms with van der Waals surface area (Å²) < 4.78 is 5.35. The maximum atomic E-state index is 6.47. The van der Waals surface area contributed by atoms with Gasteiger partial charge in [0, 0.05) is 29.1 Å². The smallest absolute Gasteiger partial charge is 0.119 e. The maximum absolute atomic E-state index is 6.47. The highest BCUT2D eigenvalue weighted by Gasteiger charge is 2.46. The lowest BCUT2D eigenvalue weighted by Gasteiger charge is -2.28. The van der Waals surface area contributed by atoms with Crippen molar-refractivity contribution in [1.29, 1.82) is 0 Å². The largest absolute Gasteiger partial charge is 0.497 e. The Morgan fingerprint density at radius 2 is 2.11 bits per heavy atom. The van der Waals surface area contributed by atoms with Gasteiger partial charge in [0.05, 0.1) is 7.11 Å². The van der Waals surface area contributed by atoms with E-state index in [1.807, 2.05) is 6.07 Å². The number of ether oxygens (including phenoxy) is 1. The van der Waals surface area contributed by atoms with Gasteiger partial charge < -0.3 is 15.5 Å². The predicted molar refractivity (Wildman–Crippen MR) is 76.4 cm³/mol. The van der Waals surface area contributed by atoms with Crippen LogP contribution in [0, 0.1) is 11.8 Å². The Morgan fingerprint density at radius 3 is 2.84 bits per heavy atom. The molecule has 3 nitrogen and oxygen atoms in total. The summed E-state index contributed by atoms with van der Waals surface area (Å²) in [7, 11) is 1.72. The first-order valence-corrected chi connectivity index (χ1v) is 7.18. The fraction of sp³-hybridized carbons (Fsp3) is 0.500. The van der Waals surface area contributed by atoms with Crippen LogP contribution in [-0.2, 0) is 0 Å². The van der Waals surface area contributed by atoms with Crippen molar-refractivity contribution >= 4 is 10.9 Å². The van der Waals surface area contributed by atoms with Crippen LogP contribution in [0.25, 0.3) is 10.9 Å². The van der Waals surface area contributed by atoms with E-state index in [-0.39, 0.29) is 0 Å². The van der Waals surface area contributed by atoms with Crippen LogP contribution in [0.15, 0.2) is 24.4 Å². The van der Waals surface area contributed by atoms with Crippen LogP contribution >= 0.6 is 0 Å². The van der Waals surface area contributed by atoms with Gasteiger partial charge in [0.15, 0.2) is 0 Å². The number of nitrogens with two attached hydrogens (primary N) is 1. The van der Waals surface area contributed by atoms with E-state index in [0.29, 0.717) is 12.0 Å². The molecule has 4 atom stereocenters.